The molecule has 10 heteroatoms. The molecule has 1 unspecified atom stereocenters. The van der Waals surface area contributed by atoms with E-state index in [4.69, 9.17) is 0 Å². The molecule has 1 aromatic heterocycles. The van der Waals surface area contributed by atoms with Gasteiger partial charge in [0.1, 0.15) is 4.90 Å². The average Bonchev–Trinajstić information content (AvgIpc) is 2.62. The van der Waals surface area contributed by atoms with Gasteiger partial charge in [-0.05, 0) is 37.1 Å². The smallest absolute Gasteiger partial charge is 0.223 e. The van der Waals surface area contributed by atoms with Crippen LogP contribution in [-0.2, 0) is 16.4 Å². The maximum atomic E-state index is 13.3. The van der Waals surface area contributed by atoms with Crippen molar-refractivity contribution in [3.05, 3.63) is 47.3 Å². The molecule has 1 aromatic carbocycles. The number of halogens is 3. The molecule has 6 nitrogen and oxygen atoms in total. The molecule has 0 saturated carbocycles. The van der Waals surface area contributed by atoms with Crippen LogP contribution in [0.1, 0.15) is 30.0 Å². The van der Waals surface area contributed by atoms with E-state index >= 15 is 0 Å². The van der Waals surface area contributed by atoms with E-state index in [0.29, 0.717) is 17.8 Å². The van der Waals surface area contributed by atoms with E-state index in [1.807, 2.05) is 0 Å². The summed E-state index contributed by atoms with van der Waals surface area (Å²) in [7, 11) is -3.45. The second-order valence-corrected chi connectivity index (χ2v) is 8.34. The van der Waals surface area contributed by atoms with E-state index in [1.54, 1.807) is 0 Å². The number of piperidine rings is 1. The maximum Gasteiger partial charge on any atom is 0.223 e. The van der Waals surface area contributed by atoms with Crippen LogP contribution in [-0.4, -0.2) is 37.7 Å². The number of aromatic nitrogens is 2. The Hall–Kier alpha value is -1.84. The Morgan fingerprint density at radius 3 is 2.70 bits per heavy atom. The number of nitrogens with one attached hydrogen (secondary N) is 2. The third-order valence-corrected chi connectivity index (χ3v) is 5.41. The summed E-state index contributed by atoms with van der Waals surface area (Å²) in [5.41, 5.74) is 1.02. The first-order valence-corrected chi connectivity index (χ1v) is 10.2. The lowest BCUT2D eigenvalue weighted by Gasteiger charge is -2.24. The minimum absolute atomic E-state index is 0. The summed E-state index contributed by atoms with van der Waals surface area (Å²) in [6.07, 6.45) is 4.23. The topological polar surface area (TPSA) is 84.0 Å². The maximum absolute atomic E-state index is 13.3. The van der Waals surface area contributed by atoms with Gasteiger partial charge in [-0.25, -0.2) is 27.2 Å². The largest absolute Gasteiger partial charge is 0.350 e. The van der Waals surface area contributed by atoms with Crippen molar-refractivity contribution in [1.82, 2.24) is 15.3 Å². The minimum atomic E-state index is -3.45. The molecule has 1 aliphatic heterocycles. The van der Waals surface area contributed by atoms with Gasteiger partial charge in [0, 0.05) is 25.3 Å². The van der Waals surface area contributed by atoms with Gasteiger partial charge < -0.3 is 10.6 Å². The van der Waals surface area contributed by atoms with Gasteiger partial charge in [-0.2, -0.15) is 0 Å². The Morgan fingerprint density at radius 1 is 1.30 bits per heavy atom. The molecule has 148 valence electrons. The Labute approximate surface area is 163 Å². The summed E-state index contributed by atoms with van der Waals surface area (Å²) in [6, 6.07) is 3.61. The first kappa shape index (κ1) is 21.5. The fourth-order valence-electron chi connectivity index (χ4n) is 2.96. The molecule has 27 heavy (non-hydrogen) atoms. The predicted molar refractivity (Wildman–Crippen MR) is 101 cm³/mol. The van der Waals surface area contributed by atoms with E-state index in [9.17, 15) is 17.2 Å². The second kappa shape index (κ2) is 8.90. The number of nitrogens with zero attached hydrogens (tertiary/aromatic N) is 2. The molecule has 2 heterocycles. The zero-order valence-electron chi connectivity index (χ0n) is 14.7. The van der Waals surface area contributed by atoms with Crippen LogP contribution < -0.4 is 10.6 Å². The van der Waals surface area contributed by atoms with Gasteiger partial charge in [0.15, 0.2) is 21.5 Å². The fraction of sp³-hybridized carbons (Fsp3) is 0.412. The highest BCUT2D eigenvalue weighted by molar-refractivity contribution is 7.90. The summed E-state index contributed by atoms with van der Waals surface area (Å²) in [4.78, 5) is 8.60. The second-order valence-electron chi connectivity index (χ2n) is 6.36. The Morgan fingerprint density at radius 2 is 2.07 bits per heavy atom. The van der Waals surface area contributed by atoms with Gasteiger partial charge in [-0.15, -0.1) is 12.4 Å². The van der Waals surface area contributed by atoms with Crippen molar-refractivity contribution in [2.24, 2.45) is 0 Å². The molecule has 1 aliphatic rings. The van der Waals surface area contributed by atoms with Crippen molar-refractivity contribution in [3.8, 4) is 0 Å². The highest BCUT2D eigenvalue weighted by Crippen LogP contribution is 2.28. The Kier molecular flexibility index (Phi) is 7.07. The molecular weight excluding hydrogens is 398 g/mol. The molecule has 0 amide bonds. The summed E-state index contributed by atoms with van der Waals surface area (Å²) < 4.78 is 50.4. The summed E-state index contributed by atoms with van der Waals surface area (Å²) in [6.45, 7) is 1.75. The van der Waals surface area contributed by atoms with E-state index in [0.717, 1.165) is 37.8 Å². The van der Waals surface area contributed by atoms with Crippen molar-refractivity contribution in [2.75, 3.05) is 24.7 Å². The SMILES string of the molecule is CS(=O)(=O)c1cnc(NCc2ccc(F)c(F)c2)nc1C1CCCNC1.Cl. The van der Waals surface area contributed by atoms with Gasteiger partial charge in [-0.1, -0.05) is 6.07 Å². The number of hydrogen-bond acceptors (Lipinski definition) is 6. The number of rotatable bonds is 5. The van der Waals surface area contributed by atoms with Crippen LogP contribution in [0.15, 0.2) is 29.3 Å². The molecule has 0 bridgehead atoms. The van der Waals surface area contributed by atoms with Crippen LogP contribution in [0.3, 0.4) is 0 Å². The normalized spacial score (nSPS) is 17.2. The highest BCUT2D eigenvalue weighted by Gasteiger charge is 2.25. The molecule has 0 aliphatic carbocycles. The zero-order valence-corrected chi connectivity index (χ0v) is 16.3. The van der Waals surface area contributed by atoms with Crippen LogP contribution in [0, 0.1) is 11.6 Å². The molecular formula is C17H21ClF2N4O2S. The van der Waals surface area contributed by atoms with Crippen LogP contribution in [0.4, 0.5) is 14.7 Å². The van der Waals surface area contributed by atoms with E-state index in [1.165, 1.54) is 12.3 Å². The lowest BCUT2D eigenvalue weighted by atomic mass is 9.96. The first-order valence-electron chi connectivity index (χ1n) is 8.30. The van der Waals surface area contributed by atoms with Gasteiger partial charge in [0.25, 0.3) is 0 Å². The molecule has 3 rings (SSSR count). The molecule has 2 aromatic rings. The third kappa shape index (κ3) is 5.33. The first-order chi connectivity index (χ1) is 12.3. The lowest BCUT2D eigenvalue weighted by molar-refractivity contribution is 0.448. The van der Waals surface area contributed by atoms with Crippen LogP contribution in [0.25, 0.3) is 0 Å². The minimum Gasteiger partial charge on any atom is -0.350 e. The highest BCUT2D eigenvalue weighted by atomic mass is 35.5. The summed E-state index contributed by atoms with van der Waals surface area (Å²) in [5.74, 6) is -1.59. The van der Waals surface area contributed by atoms with E-state index in [2.05, 4.69) is 20.6 Å². The molecule has 1 atom stereocenters. The average molecular weight is 419 g/mol. The fourth-order valence-corrected chi connectivity index (χ4v) is 3.80. The summed E-state index contributed by atoms with van der Waals surface area (Å²) in [5, 5.41) is 6.19. The third-order valence-electron chi connectivity index (χ3n) is 4.30. The van der Waals surface area contributed by atoms with Gasteiger partial charge >= 0.3 is 0 Å². The standard InChI is InChI=1S/C17H20F2N4O2S.ClH/c1-26(24,25)15-10-22-17(23-16(15)12-3-2-6-20-9-12)21-8-11-4-5-13(18)14(19)7-11;/h4-5,7,10,12,20H,2-3,6,8-9H2,1H3,(H,21,22,23);1H. The van der Waals surface area contributed by atoms with E-state index < -0.39 is 21.5 Å². The van der Waals surface area contributed by atoms with Crippen molar-refractivity contribution < 1.29 is 17.2 Å². The zero-order chi connectivity index (χ0) is 18.7. The predicted octanol–water partition coefficient (Wildman–Crippen LogP) is 2.66. The monoisotopic (exact) mass is 418 g/mol. The van der Waals surface area contributed by atoms with Gasteiger partial charge in [-0.3, -0.25) is 0 Å². The van der Waals surface area contributed by atoms with Crippen LogP contribution in [0.5, 0.6) is 0 Å². The van der Waals surface area contributed by atoms with Crippen molar-refractivity contribution in [1.29, 1.82) is 0 Å². The summed E-state index contributed by atoms with van der Waals surface area (Å²) >= 11 is 0. The number of hydrogen-bond donors (Lipinski definition) is 2. The molecule has 1 saturated heterocycles. The molecule has 2 N–H and O–H groups in total. The Bertz CT molecular complexity index is 906. The number of sulfone groups is 1. The molecule has 1 fully saturated rings. The van der Waals surface area contributed by atoms with Crippen molar-refractivity contribution in [2.45, 2.75) is 30.2 Å². The van der Waals surface area contributed by atoms with Crippen LogP contribution in [0.2, 0.25) is 0 Å². The quantitative estimate of drug-likeness (QED) is 0.776. The molecule has 0 spiro atoms. The number of benzene rings is 1. The van der Waals surface area contributed by atoms with Crippen molar-refractivity contribution >= 4 is 28.2 Å². The lowest BCUT2D eigenvalue weighted by Crippen LogP contribution is -2.30. The van der Waals surface area contributed by atoms with Gasteiger partial charge in [0.2, 0.25) is 5.95 Å². The van der Waals surface area contributed by atoms with Crippen molar-refractivity contribution in [3.63, 3.8) is 0 Å². The van der Waals surface area contributed by atoms with Gasteiger partial charge in [0.05, 0.1) is 11.9 Å². The van der Waals surface area contributed by atoms with Crippen LogP contribution >= 0.6 is 12.4 Å². The Balaban J connectivity index is 0.00000261. The number of anilines is 1. The molecule has 0 radical (unpaired) electrons. The van der Waals surface area contributed by atoms with E-state index in [-0.39, 0.29) is 35.7 Å².